The molecule has 0 aromatic heterocycles. The summed E-state index contributed by atoms with van der Waals surface area (Å²) in [6.45, 7) is 2.94. The number of carboxylic acid groups (broad SMARTS) is 1. The minimum Gasteiger partial charge on any atom is -0.481 e. The number of carbonyl (C=O) groups is 2. The van der Waals surface area contributed by atoms with Gasteiger partial charge in [0.05, 0.1) is 25.4 Å². The van der Waals surface area contributed by atoms with Crippen molar-refractivity contribution in [2.75, 3.05) is 26.8 Å². The Bertz CT molecular complexity index is 1060. The first-order valence-electron chi connectivity index (χ1n) is 13.8. The Balaban J connectivity index is 1.41. The third-order valence-corrected chi connectivity index (χ3v) is 7.45. The highest BCUT2D eigenvalue weighted by Gasteiger charge is 2.35. The molecule has 2 heterocycles. The first-order chi connectivity index (χ1) is 18.9. The van der Waals surface area contributed by atoms with Crippen molar-refractivity contribution in [3.8, 4) is 0 Å². The fourth-order valence-corrected chi connectivity index (χ4v) is 5.29. The largest absolute Gasteiger partial charge is 0.481 e. The molecule has 3 N–H and O–H groups in total. The summed E-state index contributed by atoms with van der Waals surface area (Å²) in [5, 5.41) is 21.0. The minimum absolute atomic E-state index is 0.00511. The molecule has 0 spiro atoms. The van der Waals surface area contributed by atoms with Gasteiger partial charge in [-0.2, -0.15) is 0 Å². The lowest BCUT2D eigenvalue weighted by atomic mass is 9.99. The van der Waals surface area contributed by atoms with Crippen LogP contribution in [0.5, 0.6) is 0 Å². The van der Waals surface area contributed by atoms with Gasteiger partial charge in [-0.3, -0.25) is 14.5 Å². The van der Waals surface area contributed by atoms with Crippen molar-refractivity contribution in [1.29, 1.82) is 0 Å². The molecule has 0 saturated carbocycles. The van der Waals surface area contributed by atoms with Crippen LogP contribution >= 0.6 is 0 Å². The number of hydrogen-bond acceptors (Lipinski definition) is 7. The zero-order valence-electron chi connectivity index (χ0n) is 22.6. The van der Waals surface area contributed by atoms with E-state index in [1.165, 1.54) is 0 Å². The van der Waals surface area contributed by atoms with E-state index < -0.39 is 12.3 Å². The van der Waals surface area contributed by atoms with Crippen LogP contribution in [0, 0.1) is 0 Å². The maximum atomic E-state index is 12.0. The van der Waals surface area contributed by atoms with E-state index in [2.05, 4.69) is 10.2 Å². The highest BCUT2D eigenvalue weighted by molar-refractivity contribution is 5.76. The molecule has 0 aliphatic carbocycles. The van der Waals surface area contributed by atoms with Gasteiger partial charge in [-0.1, -0.05) is 48.5 Å². The highest BCUT2D eigenvalue weighted by Crippen LogP contribution is 2.38. The van der Waals surface area contributed by atoms with Crippen molar-refractivity contribution in [1.82, 2.24) is 10.2 Å². The van der Waals surface area contributed by atoms with Gasteiger partial charge in [-0.05, 0) is 42.5 Å². The molecule has 4 atom stereocenters. The Labute approximate surface area is 230 Å². The molecule has 39 heavy (non-hydrogen) atoms. The fraction of sp³-hybridized carbons (Fsp3) is 0.533. The summed E-state index contributed by atoms with van der Waals surface area (Å²) in [7, 11) is 1.75. The molecule has 9 heteroatoms. The third-order valence-electron chi connectivity index (χ3n) is 7.45. The van der Waals surface area contributed by atoms with E-state index in [4.69, 9.17) is 19.3 Å². The maximum absolute atomic E-state index is 12.0. The summed E-state index contributed by atoms with van der Waals surface area (Å²) in [5.74, 6) is -1.06. The summed E-state index contributed by atoms with van der Waals surface area (Å²) in [6.07, 6.45) is 2.83. The van der Waals surface area contributed by atoms with Crippen LogP contribution in [0.1, 0.15) is 73.2 Å². The standard InChI is InChI=1S/C30H40N2O7/c1-37-20-25-4-3-15-32(25)18-26-16-27(23-11-9-22(19-33)10-12-23)39-30(38-26)24-13-7-21(8-14-24)17-31-28(34)5-2-6-29(35)36/h7-14,25-27,30,33H,2-6,15-20H2,1H3,(H,31,34)(H,35,36)/t25-,26-,27+,30+/m0/s1. The first kappa shape index (κ1) is 29.2. The van der Waals surface area contributed by atoms with Crippen LogP contribution in [0.25, 0.3) is 0 Å². The van der Waals surface area contributed by atoms with E-state index in [0.29, 0.717) is 19.0 Å². The number of hydrogen-bond donors (Lipinski definition) is 3. The number of nitrogens with zero attached hydrogens (tertiary/aromatic N) is 1. The van der Waals surface area contributed by atoms with Crippen LogP contribution in [0.4, 0.5) is 0 Å². The molecular weight excluding hydrogens is 500 g/mol. The summed E-state index contributed by atoms with van der Waals surface area (Å²) < 4.78 is 18.4. The number of carbonyl (C=O) groups excluding carboxylic acids is 1. The van der Waals surface area contributed by atoms with E-state index in [1.54, 1.807) is 7.11 Å². The van der Waals surface area contributed by atoms with Crippen molar-refractivity contribution < 1.29 is 34.0 Å². The molecule has 2 saturated heterocycles. The van der Waals surface area contributed by atoms with Gasteiger partial charge in [0.1, 0.15) is 0 Å². The smallest absolute Gasteiger partial charge is 0.303 e. The number of methoxy groups -OCH3 is 1. The number of benzene rings is 2. The van der Waals surface area contributed by atoms with Crippen LogP contribution in [-0.4, -0.2) is 65.9 Å². The lowest BCUT2D eigenvalue weighted by Gasteiger charge is -2.38. The third kappa shape index (κ3) is 8.58. The van der Waals surface area contributed by atoms with E-state index >= 15 is 0 Å². The van der Waals surface area contributed by atoms with Gasteiger partial charge >= 0.3 is 5.97 Å². The lowest BCUT2D eigenvalue weighted by Crippen LogP contribution is -2.42. The van der Waals surface area contributed by atoms with Crippen molar-refractivity contribution in [2.45, 2.75) is 76.2 Å². The quantitative estimate of drug-likeness (QED) is 0.352. The number of amides is 1. The number of rotatable bonds is 13. The SMILES string of the molecule is COC[C@@H]1CCCN1C[C@@H]1C[C@H](c2ccc(CO)cc2)O[C@H](c2ccc(CNC(=O)CCCC(=O)O)cc2)O1. The predicted molar refractivity (Wildman–Crippen MR) is 145 cm³/mol. The Hall–Kier alpha value is -2.82. The second-order valence-electron chi connectivity index (χ2n) is 10.4. The molecule has 0 unspecified atom stereocenters. The van der Waals surface area contributed by atoms with Gasteiger partial charge in [0, 0.05) is 51.1 Å². The highest BCUT2D eigenvalue weighted by atomic mass is 16.7. The van der Waals surface area contributed by atoms with Gasteiger partial charge in [0.25, 0.3) is 0 Å². The molecular formula is C30H40N2O7. The molecule has 9 nitrogen and oxygen atoms in total. The van der Waals surface area contributed by atoms with Crippen LogP contribution in [0.15, 0.2) is 48.5 Å². The number of likely N-dealkylation sites (tertiary alicyclic amines) is 1. The van der Waals surface area contributed by atoms with E-state index in [9.17, 15) is 14.7 Å². The van der Waals surface area contributed by atoms with Gasteiger partial charge in [-0.25, -0.2) is 0 Å². The van der Waals surface area contributed by atoms with Gasteiger partial charge in [-0.15, -0.1) is 0 Å². The molecule has 1 amide bonds. The van der Waals surface area contributed by atoms with Crippen LogP contribution in [0.2, 0.25) is 0 Å². The van der Waals surface area contributed by atoms with E-state index in [-0.39, 0.29) is 37.6 Å². The van der Waals surface area contributed by atoms with E-state index in [1.807, 2.05) is 48.5 Å². The summed E-state index contributed by atoms with van der Waals surface area (Å²) in [5.41, 5.74) is 3.77. The van der Waals surface area contributed by atoms with Gasteiger partial charge in [0.15, 0.2) is 6.29 Å². The minimum atomic E-state index is -0.896. The summed E-state index contributed by atoms with van der Waals surface area (Å²) in [6, 6.07) is 16.1. The summed E-state index contributed by atoms with van der Waals surface area (Å²) >= 11 is 0. The van der Waals surface area contributed by atoms with Crippen molar-refractivity contribution in [3.63, 3.8) is 0 Å². The van der Waals surface area contributed by atoms with E-state index in [0.717, 1.165) is 61.2 Å². The molecule has 212 valence electrons. The molecule has 2 aromatic carbocycles. The first-order valence-corrected chi connectivity index (χ1v) is 13.8. The molecule has 0 bridgehead atoms. The molecule has 4 rings (SSSR count). The van der Waals surface area contributed by atoms with Crippen molar-refractivity contribution >= 4 is 11.9 Å². The lowest BCUT2D eigenvalue weighted by molar-refractivity contribution is -0.253. The average molecular weight is 541 g/mol. The Morgan fingerprint density at radius 1 is 1.03 bits per heavy atom. The van der Waals surface area contributed by atoms with Gasteiger partial charge < -0.3 is 29.7 Å². The van der Waals surface area contributed by atoms with Crippen LogP contribution in [-0.2, 0) is 37.0 Å². The molecule has 2 fully saturated rings. The topological polar surface area (TPSA) is 118 Å². The second-order valence-corrected chi connectivity index (χ2v) is 10.4. The monoisotopic (exact) mass is 540 g/mol. The summed E-state index contributed by atoms with van der Waals surface area (Å²) in [4.78, 5) is 25.1. The number of nitrogens with one attached hydrogen (secondary N) is 1. The fourth-order valence-electron chi connectivity index (χ4n) is 5.29. The Kier molecular flexibility index (Phi) is 10.9. The van der Waals surface area contributed by atoms with Crippen LogP contribution in [0.3, 0.4) is 0 Å². The molecule has 2 aliphatic heterocycles. The number of ether oxygens (including phenoxy) is 3. The number of carboxylic acids is 1. The Morgan fingerprint density at radius 2 is 1.74 bits per heavy atom. The number of aliphatic hydroxyl groups excluding tert-OH is 1. The maximum Gasteiger partial charge on any atom is 0.303 e. The zero-order chi connectivity index (χ0) is 27.6. The average Bonchev–Trinajstić information content (AvgIpc) is 3.38. The molecule has 0 radical (unpaired) electrons. The van der Waals surface area contributed by atoms with Crippen LogP contribution < -0.4 is 5.32 Å². The number of aliphatic hydroxyl groups is 1. The second kappa shape index (κ2) is 14.5. The van der Waals surface area contributed by atoms with Crippen molar-refractivity contribution in [3.05, 3.63) is 70.8 Å². The van der Waals surface area contributed by atoms with Crippen molar-refractivity contribution in [2.24, 2.45) is 0 Å². The molecule has 2 aliphatic rings. The normalized spacial score (nSPS) is 23.5. The zero-order valence-corrected chi connectivity index (χ0v) is 22.6. The molecule has 2 aromatic rings. The Morgan fingerprint density at radius 3 is 2.44 bits per heavy atom. The predicted octanol–water partition coefficient (Wildman–Crippen LogP) is 3.71. The number of aliphatic carboxylic acids is 1. The van der Waals surface area contributed by atoms with Gasteiger partial charge in [0.2, 0.25) is 5.91 Å².